The van der Waals surface area contributed by atoms with Crippen molar-refractivity contribution in [3.05, 3.63) is 10.9 Å². The van der Waals surface area contributed by atoms with E-state index >= 15 is 0 Å². The van der Waals surface area contributed by atoms with Gasteiger partial charge in [-0.25, -0.2) is 0 Å². The van der Waals surface area contributed by atoms with Gasteiger partial charge in [-0.1, -0.05) is 5.20 Å². The zero-order chi connectivity index (χ0) is 13.8. The molecule has 4 heteroatoms. The van der Waals surface area contributed by atoms with E-state index in [2.05, 4.69) is 32.6 Å². The summed E-state index contributed by atoms with van der Waals surface area (Å²) in [5, 5.41) is 1.58. The summed E-state index contributed by atoms with van der Waals surface area (Å²) in [4.78, 5) is 2.47. The van der Waals surface area contributed by atoms with Crippen LogP contribution in [0, 0.1) is 0 Å². The molecule has 0 aromatic heterocycles. The summed E-state index contributed by atoms with van der Waals surface area (Å²) in [7, 11) is 1.12. The van der Waals surface area contributed by atoms with E-state index < -0.39 is 0 Å². The second kappa shape index (κ2) is 11.7. The summed E-state index contributed by atoms with van der Waals surface area (Å²) < 4.78 is 11.0. The van der Waals surface area contributed by atoms with Crippen LogP contribution in [0.1, 0.15) is 40.5 Å². The maximum absolute atomic E-state index is 5.50. The van der Waals surface area contributed by atoms with Crippen molar-refractivity contribution in [3.8, 4) is 0 Å². The quantitative estimate of drug-likeness (QED) is 0.423. The fourth-order valence-electron chi connectivity index (χ4n) is 2.07. The fourth-order valence-corrected chi connectivity index (χ4v) is 2.84. The molecule has 0 aliphatic heterocycles. The lowest BCUT2D eigenvalue weighted by molar-refractivity contribution is 0.142. The molecule has 0 aliphatic carbocycles. The summed E-state index contributed by atoms with van der Waals surface area (Å²) in [5.74, 6) is 0. The molecule has 3 nitrogen and oxygen atoms in total. The Morgan fingerprint density at radius 2 is 1.39 bits per heavy atom. The molecule has 0 atom stereocenters. The molecule has 0 amide bonds. The standard InChI is InChI=1S/C14H31NO2Si/c1-5-15(6-2)13(9-11-16-7-3)14(18)10-12-17-8-4/h5-12H2,1-4,18H3. The van der Waals surface area contributed by atoms with Gasteiger partial charge in [-0.05, 0) is 34.1 Å². The lowest BCUT2D eigenvalue weighted by atomic mass is 10.2. The van der Waals surface area contributed by atoms with Crippen molar-refractivity contribution >= 4 is 10.2 Å². The van der Waals surface area contributed by atoms with E-state index in [1.54, 1.807) is 5.20 Å². The summed E-state index contributed by atoms with van der Waals surface area (Å²) in [6, 6.07) is 0. The van der Waals surface area contributed by atoms with Crippen molar-refractivity contribution in [2.24, 2.45) is 0 Å². The highest BCUT2D eigenvalue weighted by atomic mass is 28.1. The van der Waals surface area contributed by atoms with Gasteiger partial charge in [-0.15, -0.1) is 0 Å². The molecule has 0 aromatic carbocycles. The van der Waals surface area contributed by atoms with Crippen molar-refractivity contribution in [2.75, 3.05) is 39.5 Å². The van der Waals surface area contributed by atoms with Crippen molar-refractivity contribution in [1.82, 2.24) is 4.90 Å². The minimum Gasteiger partial charge on any atom is -0.381 e. The molecule has 0 unspecified atom stereocenters. The molecule has 0 aromatic rings. The van der Waals surface area contributed by atoms with Crippen molar-refractivity contribution in [2.45, 2.75) is 40.5 Å². The molecule has 0 saturated carbocycles. The van der Waals surface area contributed by atoms with E-state index in [0.29, 0.717) is 0 Å². The zero-order valence-corrected chi connectivity index (χ0v) is 14.9. The molecule has 18 heavy (non-hydrogen) atoms. The first kappa shape index (κ1) is 17.7. The molecule has 0 N–H and O–H groups in total. The average Bonchev–Trinajstić information content (AvgIpc) is 2.38. The van der Waals surface area contributed by atoms with E-state index in [1.165, 1.54) is 5.70 Å². The molecule has 0 radical (unpaired) electrons. The normalized spacial score (nSPS) is 12.7. The minimum absolute atomic E-state index is 0.807. The first-order valence-electron chi connectivity index (χ1n) is 7.30. The van der Waals surface area contributed by atoms with E-state index in [4.69, 9.17) is 9.47 Å². The SMILES string of the molecule is CCOCCC([SiH3])=C(CCOCC)N(CC)CC. The van der Waals surface area contributed by atoms with Crippen LogP contribution in [0.2, 0.25) is 0 Å². The van der Waals surface area contributed by atoms with Gasteiger partial charge >= 0.3 is 0 Å². The van der Waals surface area contributed by atoms with Crippen LogP contribution >= 0.6 is 0 Å². The lowest BCUT2D eigenvalue weighted by Crippen LogP contribution is -2.25. The van der Waals surface area contributed by atoms with Crippen LogP contribution in [0.25, 0.3) is 0 Å². The van der Waals surface area contributed by atoms with E-state index in [1.807, 2.05) is 0 Å². The monoisotopic (exact) mass is 273 g/mol. The average molecular weight is 273 g/mol. The Kier molecular flexibility index (Phi) is 11.5. The molecule has 0 spiro atoms. The Morgan fingerprint density at radius 1 is 0.889 bits per heavy atom. The maximum atomic E-state index is 5.50. The van der Waals surface area contributed by atoms with Crippen LogP contribution in [-0.4, -0.2) is 54.7 Å². The third-order valence-corrected chi connectivity index (χ3v) is 4.23. The molecule has 0 saturated heterocycles. The van der Waals surface area contributed by atoms with Gasteiger partial charge < -0.3 is 14.4 Å². The molecular formula is C14H31NO2Si. The van der Waals surface area contributed by atoms with Crippen LogP contribution < -0.4 is 0 Å². The highest BCUT2D eigenvalue weighted by Gasteiger charge is 2.09. The molecule has 0 aliphatic rings. The second-order valence-electron chi connectivity index (χ2n) is 4.29. The Hall–Kier alpha value is -0.323. The highest BCUT2D eigenvalue weighted by Crippen LogP contribution is 2.15. The molecule has 0 bridgehead atoms. The van der Waals surface area contributed by atoms with Crippen LogP contribution in [0.15, 0.2) is 10.9 Å². The second-order valence-corrected chi connectivity index (χ2v) is 5.50. The number of hydrogen-bond acceptors (Lipinski definition) is 3. The zero-order valence-electron chi connectivity index (χ0n) is 12.9. The number of hydrogen-bond donors (Lipinski definition) is 0. The Morgan fingerprint density at radius 3 is 1.83 bits per heavy atom. The molecule has 108 valence electrons. The van der Waals surface area contributed by atoms with Crippen molar-refractivity contribution < 1.29 is 9.47 Å². The Bertz CT molecular complexity index is 228. The smallest absolute Gasteiger partial charge is 0.0520 e. The van der Waals surface area contributed by atoms with Crippen molar-refractivity contribution in [3.63, 3.8) is 0 Å². The van der Waals surface area contributed by atoms with Crippen LogP contribution in [0.3, 0.4) is 0 Å². The summed E-state index contributed by atoms with van der Waals surface area (Å²) >= 11 is 0. The fraction of sp³-hybridized carbons (Fsp3) is 0.857. The van der Waals surface area contributed by atoms with Gasteiger partial charge in [0.15, 0.2) is 0 Å². The van der Waals surface area contributed by atoms with Gasteiger partial charge in [0, 0.05) is 55.3 Å². The first-order valence-corrected chi connectivity index (χ1v) is 8.30. The summed E-state index contributed by atoms with van der Waals surface area (Å²) in [6.45, 7) is 14.0. The summed E-state index contributed by atoms with van der Waals surface area (Å²) in [5.41, 5.74) is 1.50. The topological polar surface area (TPSA) is 21.7 Å². The van der Waals surface area contributed by atoms with Gasteiger partial charge in [0.2, 0.25) is 0 Å². The van der Waals surface area contributed by atoms with E-state index in [9.17, 15) is 0 Å². The predicted molar refractivity (Wildman–Crippen MR) is 82.1 cm³/mol. The van der Waals surface area contributed by atoms with Crippen molar-refractivity contribution in [1.29, 1.82) is 0 Å². The number of rotatable bonds is 11. The molecule has 0 heterocycles. The van der Waals surface area contributed by atoms with E-state index in [0.717, 1.165) is 62.6 Å². The Labute approximate surface area is 116 Å². The largest absolute Gasteiger partial charge is 0.381 e. The predicted octanol–water partition coefficient (Wildman–Crippen LogP) is 1.76. The third kappa shape index (κ3) is 7.19. The van der Waals surface area contributed by atoms with Crippen LogP contribution in [0.5, 0.6) is 0 Å². The lowest BCUT2D eigenvalue weighted by Gasteiger charge is -2.27. The highest BCUT2D eigenvalue weighted by molar-refractivity contribution is 6.22. The molecular weight excluding hydrogens is 242 g/mol. The van der Waals surface area contributed by atoms with Crippen LogP contribution in [-0.2, 0) is 9.47 Å². The third-order valence-electron chi connectivity index (χ3n) is 3.15. The Balaban J connectivity index is 4.53. The van der Waals surface area contributed by atoms with E-state index in [-0.39, 0.29) is 0 Å². The summed E-state index contributed by atoms with van der Waals surface area (Å²) in [6.07, 6.45) is 2.12. The number of ether oxygens (including phenoxy) is 2. The first-order chi connectivity index (χ1) is 8.71. The maximum Gasteiger partial charge on any atom is 0.0520 e. The van der Waals surface area contributed by atoms with Gasteiger partial charge in [0.05, 0.1) is 6.61 Å². The van der Waals surface area contributed by atoms with Gasteiger partial charge in [0.25, 0.3) is 0 Å². The molecule has 0 rings (SSSR count). The van der Waals surface area contributed by atoms with Gasteiger partial charge in [-0.2, -0.15) is 0 Å². The van der Waals surface area contributed by atoms with Crippen LogP contribution in [0.4, 0.5) is 0 Å². The van der Waals surface area contributed by atoms with Gasteiger partial charge in [0.1, 0.15) is 0 Å². The molecule has 0 fully saturated rings. The minimum atomic E-state index is 0.807. The van der Waals surface area contributed by atoms with Gasteiger partial charge in [-0.3, -0.25) is 0 Å². The number of nitrogens with zero attached hydrogens (tertiary/aromatic N) is 1.